The Morgan fingerprint density at radius 2 is 2.22 bits per heavy atom. The van der Waals surface area contributed by atoms with Crippen LogP contribution in [0.5, 0.6) is 0 Å². The maximum absolute atomic E-state index is 11.4. The van der Waals surface area contributed by atoms with Gasteiger partial charge in [0.1, 0.15) is 6.33 Å². The van der Waals surface area contributed by atoms with E-state index in [0.717, 1.165) is 43.0 Å². The molecule has 0 saturated carbocycles. The summed E-state index contributed by atoms with van der Waals surface area (Å²) in [5, 5.41) is 4.37. The van der Waals surface area contributed by atoms with Crippen molar-refractivity contribution in [1.82, 2.24) is 24.6 Å². The molecule has 1 aliphatic heterocycles. The van der Waals surface area contributed by atoms with Crippen LogP contribution < -0.4 is 0 Å². The summed E-state index contributed by atoms with van der Waals surface area (Å²) in [7, 11) is 0. The van der Waals surface area contributed by atoms with E-state index in [9.17, 15) is 4.79 Å². The van der Waals surface area contributed by atoms with E-state index in [2.05, 4.69) is 28.9 Å². The number of hydrogen-bond acceptors (Lipinski definition) is 4. The number of rotatable bonds is 4. The maximum atomic E-state index is 11.4. The third-order valence-electron chi connectivity index (χ3n) is 4.37. The van der Waals surface area contributed by atoms with Crippen LogP contribution in [0.25, 0.3) is 11.4 Å². The van der Waals surface area contributed by atoms with Crippen LogP contribution in [0.15, 0.2) is 24.7 Å². The minimum absolute atomic E-state index is 0.164. The first-order valence-electron chi connectivity index (χ1n) is 8.15. The number of carbonyl (C=O) groups excluding carboxylic acids is 1. The molecule has 122 valence electrons. The highest BCUT2D eigenvalue weighted by atomic mass is 16.2. The van der Waals surface area contributed by atoms with Gasteiger partial charge in [-0.05, 0) is 44.7 Å². The van der Waals surface area contributed by atoms with Gasteiger partial charge in [0.2, 0.25) is 5.91 Å². The Balaban J connectivity index is 1.76. The summed E-state index contributed by atoms with van der Waals surface area (Å²) in [6.07, 6.45) is 5.36. The van der Waals surface area contributed by atoms with Gasteiger partial charge in [0.25, 0.3) is 0 Å². The number of amides is 1. The van der Waals surface area contributed by atoms with Crippen molar-refractivity contribution < 1.29 is 4.79 Å². The lowest BCUT2D eigenvalue weighted by molar-refractivity contribution is -0.127. The molecule has 23 heavy (non-hydrogen) atoms. The summed E-state index contributed by atoms with van der Waals surface area (Å²) in [4.78, 5) is 22.2. The Morgan fingerprint density at radius 1 is 1.39 bits per heavy atom. The summed E-state index contributed by atoms with van der Waals surface area (Å²) in [6, 6.07) is 4.32. The Bertz CT molecular complexity index is 694. The zero-order valence-electron chi connectivity index (χ0n) is 13.9. The second-order valence-electron chi connectivity index (χ2n) is 6.47. The molecule has 1 aliphatic rings. The van der Waals surface area contributed by atoms with Gasteiger partial charge in [0.15, 0.2) is 0 Å². The van der Waals surface area contributed by atoms with Crippen molar-refractivity contribution in [3.63, 3.8) is 0 Å². The van der Waals surface area contributed by atoms with Crippen LogP contribution in [0, 0.1) is 5.92 Å². The van der Waals surface area contributed by atoms with Crippen LogP contribution in [0.4, 0.5) is 0 Å². The lowest BCUT2D eigenvalue weighted by Crippen LogP contribution is -2.26. The van der Waals surface area contributed by atoms with Gasteiger partial charge >= 0.3 is 0 Å². The van der Waals surface area contributed by atoms with Crippen LogP contribution in [0.1, 0.15) is 38.9 Å². The average Bonchev–Trinajstić information content (AvgIpc) is 3.16. The first-order valence-corrected chi connectivity index (χ1v) is 8.15. The molecule has 3 rings (SSSR count). The van der Waals surface area contributed by atoms with Crippen LogP contribution >= 0.6 is 0 Å². The highest BCUT2D eigenvalue weighted by molar-refractivity contribution is 5.73. The minimum Gasteiger partial charge on any atom is -0.343 e. The molecule has 1 fully saturated rings. The smallest absolute Gasteiger partial charge is 0.219 e. The fourth-order valence-electron chi connectivity index (χ4n) is 3.16. The van der Waals surface area contributed by atoms with Gasteiger partial charge in [-0.1, -0.05) is 0 Å². The minimum atomic E-state index is 0.164. The molecule has 3 heterocycles. The monoisotopic (exact) mass is 313 g/mol. The molecule has 0 N–H and O–H groups in total. The van der Waals surface area contributed by atoms with E-state index in [-0.39, 0.29) is 11.9 Å². The van der Waals surface area contributed by atoms with Crippen LogP contribution in [0.3, 0.4) is 0 Å². The lowest BCUT2D eigenvalue weighted by atomic mass is 10.0. The van der Waals surface area contributed by atoms with Gasteiger partial charge in [-0.3, -0.25) is 9.48 Å². The van der Waals surface area contributed by atoms with Crippen LogP contribution in [0.2, 0.25) is 0 Å². The quantitative estimate of drug-likeness (QED) is 0.869. The SMILES string of the molecule is CC(=O)N1CCC(Cc2cc(-c3ccnn3C(C)C)ncn2)C1. The van der Waals surface area contributed by atoms with Crippen molar-refractivity contribution in [3.05, 3.63) is 30.4 Å². The Labute approximate surface area is 136 Å². The van der Waals surface area contributed by atoms with E-state index in [1.165, 1.54) is 0 Å². The third kappa shape index (κ3) is 3.41. The van der Waals surface area contributed by atoms with Crippen molar-refractivity contribution in [3.8, 4) is 11.4 Å². The molecule has 0 bridgehead atoms. The number of likely N-dealkylation sites (tertiary alicyclic amines) is 1. The lowest BCUT2D eigenvalue weighted by Gasteiger charge is -2.14. The molecule has 2 aromatic heterocycles. The molecule has 0 aliphatic carbocycles. The summed E-state index contributed by atoms with van der Waals surface area (Å²) < 4.78 is 1.97. The summed E-state index contributed by atoms with van der Waals surface area (Å²) in [5.41, 5.74) is 2.95. The van der Waals surface area contributed by atoms with E-state index in [1.807, 2.05) is 21.7 Å². The van der Waals surface area contributed by atoms with E-state index < -0.39 is 0 Å². The van der Waals surface area contributed by atoms with E-state index >= 15 is 0 Å². The standard InChI is InChI=1S/C17H23N5O/c1-12(2)22-17(4-6-20-22)16-9-15(18-11-19-16)8-14-5-7-21(10-14)13(3)23/h4,6,9,11-12,14H,5,7-8,10H2,1-3H3. The molecular weight excluding hydrogens is 290 g/mol. The van der Waals surface area contributed by atoms with Crippen molar-refractivity contribution in [2.75, 3.05) is 13.1 Å². The molecule has 6 nitrogen and oxygen atoms in total. The molecule has 1 saturated heterocycles. The molecule has 1 unspecified atom stereocenters. The number of hydrogen-bond donors (Lipinski definition) is 0. The van der Waals surface area contributed by atoms with Crippen molar-refractivity contribution in [2.24, 2.45) is 5.92 Å². The van der Waals surface area contributed by atoms with E-state index in [0.29, 0.717) is 5.92 Å². The van der Waals surface area contributed by atoms with E-state index in [1.54, 1.807) is 19.4 Å². The summed E-state index contributed by atoms with van der Waals surface area (Å²) in [6.45, 7) is 7.54. The first kappa shape index (κ1) is 15.6. The van der Waals surface area contributed by atoms with Crippen LogP contribution in [-0.2, 0) is 11.2 Å². The zero-order chi connectivity index (χ0) is 16.4. The van der Waals surface area contributed by atoms with Gasteiger partial charge in [0, 0.05) is 37.9 Å². The number of aromatic nitrogens is 4. The highest BCUT2D eigenvalue weighted by Gasteiger charge is 2.24. The van der Waals surface area contributed by atoms with Gasteiger partial charge < -0.3 is 4.90 Å². The van der Waals surface area contributed by atoms with Crippen molar-refractivity contribution in [1.29, 1.82) is 0 Å². The molecule has 1 atom stereocenters. The Morgan fingerprint density at radius 3 is 2.91 bits per heavy atom. The number of nitrogens with zero attached hydrogens (tertiary/aromatic N) is 5. The predicted molar refractivity (Wildman–Crippen MR) is 87.7 cm³/mol. The van der Waals surface area contributed by atoms with Gasteiger partial charge in [-0.15, -0.1) is 0 Å². The number of carbonyl (C=O) groups is 1. The van der Waals surface area contributed by atoms with E-state index in [4.69, 9.17) is 0 Å². The first-order chi connectivity index (χ1) is 11.0. The largest absolute Gasteiger partial charge is 0.343 e. The topological polar surface area (TPSA) is 63.9 Å². The predicted octanol–water partition coefficient (Wildman–Crippen LogP) is 2.33. The molecule has 0 spiro atoms. The molecule has 2 aromatic rings. The highest BCUT2D eigenvalue weighted by Crippen LogP contribution is 2.23. The van der Waals surface area contributed by atoms with Gasteiger partial charge in [-0.2, -0.15) is 5.10 Å². The van der Waals surface area contributed by atoms with Crippen molar-refractivity contribution in [2.45, 2.75) is 39.7 Å². The zero-order valence-corrected chi connectivity index (χ0v) is 13.9. The third-order valence-corrected chi connectivity index (χ3v) is 4.37. The second kappa shape index (κ2) is 6.48. The van der Waals surface area contributed by atoms with Gasteiger partial charge in [0.05, 0.1) is 11.4 Å². The fraction of sp³-hybridized carbons (Fsp3) is 0.529. The molecule has 0 radical (unpaired) electrons. The fourth-order valence-corrected chi connectivity index (χ4v) is 3.16. The van der Waals surface area contributed by atoms with Gasteiger partial charge in [-0.25, -0.2) is 9.97 Å². The maximum Gasteiger partial charge on any atom is 0.219 e. The Kier molecular flexibility index (Phi) is 4.41. The Hall–Kier alpha value is -2.24. The molecular formula is C17H23N5O. The molecule has 0 aromatic carbocycles. The summed E-state index contributed by atoms with van der Waals surface area (Å²) >= 11 is 0. The van der Waals surface area contributed by atoms with Crippen molar-refractivity contribution >= 4 is 5.91 Å². The average molecular weight is 313 g/mol. The molecule has 1 amide bonds. The molecule has 6 heteroatoms. The van der Waals surface area contributed by atoms with Crippen LogP contribution in [-0.4, -0.2) is 43.6 Å². The second-order valence-corrected chi connectivity index (χ2v) is 6.47. The summed E-state index contributed by atoms with van der Waals surface area (Å²) in [5.74, 6) is 0.647. The normalized spacial score (nSPS) is 17.9.